The maximum absolute atomic E-state index is 9.75. The number of rotatable bonds is 6. The van der Waals surface area contributed by atoms with Crippen molar-refractivity contribution in [3.05, 3.63) is 45.7 Å². The Hall–Kier alpha value is -2.44. The summed E-state index contributed by atoms with van der Waals surface area (Å²) in [7, 11) is 0. The summed E-state index contributed by atoms with van der Waals surface area (Å²) in [6.07, 6.45) is 3.87. The molecule has 4 heterocycles. The van der Waals surface area contributed by atoms with Gasteiger partial charge < -0.3 is 14.9 Å². The van der Waals surface area contributed by atoms with Crippen molar-refractivity contribution in [2.45, 2.75) is 38.8 Å². The molecule has 5 rings (SSSR count). The Kier molecular flexibility index (Phi) is 6.86. The molecule has 2 aromatic heterocycles. The van der Waals surface area contributed by atoms with Crippen molar-refractivity contribution in [1.29, 1.82) is 5.26 Å². The van der Waals surface area contributed by atoms with E-state index in [1.807, 2.05) is 19.9 Å². The molecule has 0 aliphatic carbocycles. The van der Waals surface area contributed by atoms with Gasteiger partial charge >= 0.3 is 0 Å². The van der Waals surface area contributed by atoms with Gasteiger partial charge in [0, 0.05) is 36.2 Å². The first-order valence-corrected chi connectivity index (χ1v) is 12.8. The maximum atomic E-state index is 9.75. The van der Waals surface area contributed by atoms with E-state index in [0.29, 0.717) is 33.0 Å². The van der Waals surface area contributed by atoms with Gasteiger partial charge in [-0.15, -0.1) is 0 Å². The lowest BCUT2D eigenvalue weighted by atomic mass is 9.80. The molecule has 10 heteroatoms. The van der Waals surface area contributed by atoms with Gasteiger partial charge in [0.25, 0.3) is 0 Å². The highest BCUT2D eigenvalue weighted by Crippen LogP contribution is 2.35. The Morgan fingerprint density at radius 3 is 2.71 bits per heavy atom. The summed E-state index contributed by atoms with van der Waals surface area (Å²) < 4.78 is 1.73. The van der Waals surface area contributed by atoms with Gasteiger partial charge in [-0.1, -0.05) is 29.3 Å². The number of hydrogen-bond acceptors (Lipinski definition) is 7. The number of halogens is 2. The van der Waals surface area contributed by atoms with Crippen molar-refractivity contribution in [2.24, 2.45) is 11.8 Å². The number of anilines is 1. The van der Waals surface area contributed by atoms with Crippen LogP contribution in [0.5, 0.6) is 0 Å². The third-order valence-corrected chi connectivity index (χ3v) is 7.80. The molecule has 2 aliphatic rings. The van der Waals surface area contributed by atoms with Crippen LogP contribution in [0.4, 0.5) is 5.82 Å². The van der Waals surface area contributed by atoms with Crippen molar-refractivity contribution in [1.82, 2.24) is 24.6 Å². The summed E-state index contributed by atoms with van der Waals surface area (Å²) in [6, 6.07) is 7.26. The fraction of sp³-hybridized carbons (Fsp3) is 0.520. The molecule has 184 valence electrons. The van der Waals surface area contributed by atoms with Crippen LogP contribution in [-0.4, -0.2) is 68.6 Å². The standard InChI is InChI=1S/C25H29Cl2N7O/c1-15(35)11-32-7-3-4-17(12-32)18-13-33(14-18)23-10-29-24-22(9-28)31-34(25(24)30-23)16(2)20-6-5-19(26)8-21(20)27/h5-6,8,10,15-18,35H,3-4,7,11-14H2,1-2H3/t15?,16-,17-/m1/s1. The zero-order valence-corrected chi connectivity index (χ0v) is 21.4. The third kappa shape index (κ3) is 4.83. The SMILES string of the molecule is CC(O)CN1CCC[C@@H](C2CN(c3cnc4c(C#N)nn([C@H](C)c5ccc(Cl)cc5Cl)c4n3)C2)C1. The molecule has 1 aromatic carbocycles. The first-order valence-electron chi connectivity index (χ1n) is 12.1. The van der Waals surface area contributed by atoms with Crippen LogP contribution in [0.3, 0.4) is 0 Å². The quantitative estimate of drug-likeness (QED) is 0.528. The fourth-order valence-corrected chi connectivity index (χ4v) is 5.95. The summed E-state index contributed by atoms with van der Waals surface area (Å²) in [5.41, 5.74) is 2.16. The number of nitrogens with zero attached hydrogens (tertiary/aromatic N) is 7. The van der Waals surface area contributed by atoms with E-state index in [-0.39, 0.29) is 17.8 Å². The van der Waals surface area contributed by atoms with Gasteiger partial charge in [-0.3, -0.25) is 0 Å². The minimum absolute atomic E-state index is 0.248. The molecule has 2 aliphatic heterocycles. The van der Waals surface area contributed by atoms with Crippen LogP contribution in [-0.2, 0) is 0 Å². The second-order valence-corrected chi connectivity index (χ2v) is 10.7. The Labute approximate surface area is 215 Å². The Morgan fingerprint density at radius 1 is 1.20 bits per heavy atom. The van der Waals surface area contributed by atoms with E-state index in [1.54, 1.807) is 23.0 Å². The van der Waals surface area contributed by atoms with Gasteiger partial charge in [0.2, 0.25) is 0 Å². The molecule has 0 spiro atoms. The lowest BCUT2D eigenvalue weighted by molar-refractivity contribution is 0.0725. The Balaban J connectivity index is 1.36. The van der Waals surface area contributed by atoms with Crippen molar-refractivity contribution < 1.29 is 5.11 Å². The number of benzene rings is 1. The van der Waals surface area contributed by atoms with Crippen LogP contribution in [0.1, 0.15) is 44.0 Å². The van der Waals surface area contributed by atoms with Gasteiger partial charge in [-0.25, -0.2) is 14.6 Å². The van der Waals surface area contributed by atoms with Gasteiger partial charge in [0.15, 0.2) is 11.3 Å². The van der Waals surface area contributed by atoms with E-state index in [0.717, 1.165) is 44.1 Å². The first kappa shape index (κ1) is 24.3. The van der Waals surface area contributed by atoms with Crippen LogP contribution in [0.25, 0.3) is 11.2 Å². The number of β-amino-alcohol motifs (C(OH)–C–C–N with tert-alkyl or cyclic N) is 1. The molecule has 1 unspecified atom stereocenters. The largest absolute Gasteiger partial charge is 0.392 e. The number of aliphatic hydroxyl groups excluding tert-OH is 1. The molecular formula is C25H29Cl2N7O. The average Bonchev–Trinajstić information content (AvgIpc) is 3.16. The summed E-state index contributed by atoms with van der Waals surface area (Å²) in [4.78, 5) is 14.1. The van der Waals surface area contributed by atoms with Gasteiger partial charge in [0.05, 0.1) is 18.3 Å². The molecule has 2 saturated heterocycles. The van der Waals surface area contributed by atoms with Crippen molar-refractivity contribution in [2.75, 3.05) is 37.6 Å². The number of nitriles is 1. The van der Waals surface area contributed by atoms with Crippen molar-refractivity contribution in [3.63, 3.8) is 0 Å². The number of fused-ring (bicyclic) bond motifs is 1. The van der Waals surface area contributed by atoms with Crippen molar-refractivity contribution >= 4 is 40.2 Å². The van der Waals surface area contributed by atoms with E-state index < -0.39 is 0 Å². The van der Waals surface area contributed by atoms with Crippen molar-refractivity contribution in [3.8, 4) is 6.07 Å². The topological polar surface area (TPSA) is 94.1 Å². The number of aromatic nitrogens is 4. The molecule has 8 nitrogen and oxygen atoms in total. The Bertz CT molecular complexity index is 1260. The molecule has 0 amide bonds. The fourth-order valence-electron chi connectivity index (χ4n) is 5.38. The van der Waals surface area contributed by atoms with Crippen LogP contribution in [0.2, 0.25) is 10.0 Å². The highest BCUT2D eigenvalue weighted by Gasteiger charge is 2.37. The van der Waals surface area contributed by atoms with Crippen LogP contribution < -0.4 is 4.90 Å². The molecule has 0 bridgehead atoms. The smallest absolute Gasteiger partial charge is 0.190 e. The van der Waals surface area contributed by atoms with Gasteiger partial charge in [-0.05, 0) is 62.8 Å². The molecule has 3 aromatic rings. The molecule has 2 fully saturated rings. The summed E-state index contributed by atoms with van der Waals surface area (Å²) >= 11 is 12.5. The van der Waals surface area contributed by atoms with E-state index >= 15 is 0 Å². The minimum atomic E-state index is -0.290. The summed E-state index contributed by atoms with van der Waals surface area (Å²) in [5, 5.41) is 25.0. The highest BCUT2D eigenvalue weighted by atomic mass is 35.5. The molecule has 1 N–H and O–H groups in total. The van der Waals surface area contributed by atoms with Crippen LogP contribution >= 0.6 is 23.2 Å². The van der Waals surface area contributed by atoms with E-state index in [2.05, 4.69) is 26.0 Å². The van der Waals surface area contributed by atoms with E-state index in [4.69, 9.17) is 28.2 Å². The normalized spacial score (nSPS) is 21.0. The second kappa shape index (κ2) is 9.90. The zero-order chi connectivity index (χ0) is 24.7. The first-order chi connectivity index (χ1) is 16.8. The van der Waals surface area contributed by atoms with Gasteiger partial charge in [-0.2, -0.15) is 10.4 Å². The lowest BCUT2D eigenvalue weighted by Crippen LogP contribution is -2.54. The zero-order valence-electron chi connectivity index (χ0n) is 19.9. The lowest BCUT2D eigenvalue weighted by Gasteiger charge is -2.47. The molecule has 3 atom stereocenters. The monoisotopic (exact) mass is 513 g/mol. The molecule has 0 saturated carbocycles. The average molecular weight is 514 g/mol. The number of piperidine rings is 1. The highest BCUT2D eigenvalue weighted by molar-refractivity contribution is 6.35. The predicted molar refractivity (Wildman–Crippen MR) is 137 cm³/mol. The number of hydrogen-bond donors (Lipinski definition) is 1. The summed E-state index contributed by atoms with van der Waals surface area (Å²) in [5.74, 6) is 2.04. The number of aliphatic hydroxyl groups is 1. The number of likely N-dealkylation sites (tertiary alicyclic amines) is 1. The van der Waals surface area contributed by atoms with E-state index in [9.17, 15) is 10.4 Å². The third-order valence-electron chi connectivity index (χ3n) is 7.24. The molecule has 0 radical (unpaired) electrons. The maximum Gasteiger partial charge on any atom is 0.190 e. The van der Waals surface area contributed by atoms with Crippen LogP contribution in [0.15, 0.2) is 24.4 Å². The molecular weight excluding hydrogens is 485 g/mol. The second-order valence-electron chi connectivity index (χ2n) is 9.82. The van der Waals surface area contributed by atoms with E-state index in [1.165, 1.54) is 12.8 Å². The van der Waals surface area contributed by atoms with Gasteiger partial charge in [0.1, 0.15) is 17.4 Å². The van der Waals surface area contributed by atoms with Crippen LogP contribution in [0, 0.1) is 23.2 Å². The molecule has 35 heavy (non-hydrogen) atoms. The Morgan fingerprint density at radius 2 is 2.00 bits per heavy atom. The summed E-state index contributed by atoms with van der Waals surface area (Å²) in [6.45, 7) is 8.56. The predicted octanol–water partition coefficient (Wildman–Crippen LogP) is 4.14. The minimum Gasteiger partial charge on any atom is -0.392 e.